The van der Waals surface area contributed by atoms with E-state index < -0.39 is 32.7 Å². The lowest BCUT2D eigenvalue weighted by atomic mass is 9.75. The summed E-state index contributed by atoms with van der Waals surface area (Å²) in [5.41, 5.74) is 5.12. The first-order valence-corrected chi connectivity index (χ1v) is 19.6. The summed E-state index contributed by atoms with van der Waals surface area (Å²) in [4.78, 5) is 0. The summed E-state index contributed by atoms with van der Waals surface area (Å²) in [7, 11) is -2.16. The molecule has 1 aliphatic carbocycles. The third-order valence-corrected chi connectivity index (χ3v) is 14.0. The predicted molar refractivity (Wildman–Crippen MR) is 192 cm³/mol. The van der Waals surface area contributed by atoms with Gasteiger partial charge in [-0.25, -0.2) is 0 Å². The third-order valence-electron chi connectivity index (χ3n) is 9.53. The van der Waals surface area contributed by atoms with Crippen molar-refractivity contribution in [1.29, 1.82) is 0 Å². The van der Waals surface area contributed by atoms with Crippen molar-refractivity contribution in [3.63, 3.8) is 0 Å². The first-order valence-electron chi connectivity index (χ1n) is 16.7. The fraction of sp³-hybridized carbons (Fsp3) is 0.366. The third kappa shape index (κ3) is 9.38. The number of ether oxygens (including phenoxy) is 3. The zero-order valence-electron chi connectivity index (χ0n) is 28.4. The average molecular weight is 651 g/mol. The predicted octanol–water partition coefficient (Wildman–Crippen LogP) is 8.84. The van der Waals surface area contributed by atoms with Gasteiger partial charge < -0.3 is 23.7 Å². The second-order valence-electron chi connectivity index (χ2n) is 14.0. The van der Waals surface area contributed by atoms with Crippen LogP contribution in [-0.2, 0) is 38.5 Å². The summed E-state index contributed by atoms with van der Waals surface area (Å²) in [5, 5.41) is 12.3. The Morgan fingerprint density at radius 1 is 0.617 bits per heavy atom. The molecule has 0 aromatic heterocycles. The molecule has 0 spiro atoms. The van der Waals surface area contributed by atoms with Crippen molar-refractivity contribution < 1.29 is 23.7 Å². The van der Waals surface area contributed by atoms with Crippen LogP contribution >= 0.6 is 0 Å². The number of hydrogen-bond acceptors (Lipinski definition) is 5. The molecule has 0 bridgehead atoms. The molecule has 4 aromatic rings. The fourth-order valence-electron chi connectivity index (χ4n) is 5.72. The first-order chi connectivity index (χ1) is 22.6. The molecule has 1 saturated carbocycles. The molecule has 1 fully saturated rings. The van der Waals surface area contributed by atoms with Crippen LogP contribution in [0, 0.1) is 5.92 Å². The van der Waals surface area contributed by atoms with Gasteiger partial charge in [-0.2, -0.15) is 0 Å². The van der Waals surface area contributed by atoms with Gasteiger partial charge in [-0.3, -0.25) is 0 Å². The Morgan fingerprint density at radius 2 is 1.04 bits per heavy atom. The highest BCUT2D eigenvalue weighted by atomic mass is 28.4. The molecule has 1 N–H and O–H groups in total. The average Bonchev–Trinajstić information content (AvgIpc) is 3.07. The minimum Gasteiger partial charge on any atom is -0.416 e. The van der Waals surface area contributed by atoms with Gasteiger partial charge in [0.15, 0.2) is 8.32 Å². The minimum atomic E-state index is -2.16. The molecule has 6 heteroatoms. The molecule has 5 atom stereocenters. The summed E-state index contributed by atoms with van der Waals surface area (Å²) in [5.74, 6) is -0.238. The van der Waals surface area contributed by atoms with Gasteiger partial charge >= 0.3 is 0 Å². The van der Waals surface area contributed by atoms with E-state index in [2.05, 4.69) is 64.2 Å². The smallest absolute Gasteiger partial charge is 0.192 e. The van der Waals surface area contributed by atoms with E-state index in [0.717, 1.165) is 27.8 Å². The van der Waals surface area contributed by atoms with E-state index in [0.29, 0.717) is 26.4 Å². The summed E-state index contributed by atoms with van der Waals surface area (Å²) in [6, 6.07) is 40.6. The van der Waals surface area contributed by atoms with Crippen LogP contribution in [0.4, 0.5) is 0 Å². The van der Waals surface area contributed by atoms with Gasteiger partial charge in [0.2, 0.25) is 0 Å². The van der Waals surface area contributed by atoms with Crippen molar-refractivity contribution in [2.24, 2.45) is 5.92 Å². The van der Waals surface area contributed by atoms with E-state index in [1.54, 1.807) is 0 Å². The van der Waals surface area contributed by atoms with Crippen molar-refractivity contribution in [2.45, 2.75) is 83.1 Å². The summed E-state index contributed by atoms with van der Waals surface area (Å²) < 4.78 is 27.2. The number of aliphatic hydroxyl groups excluding tert-OH is 1. The van der Waals surface area contributed by atoms with Crippen LogP contribution in [0.15, 0.2) is 127 Å². The molecule has 0 heterocycles. The van der Waals surface area contributed by atoms with E-state index in [4.69, 9.17) is 18.6 Å². The zero-order valence-corrected chi connectivity index (χ0v) is 29.4. The summed E-state index contributed by atoms with van der Waals surface area (Å²) in [6.45, 7) is 12.8. The van der Waals surface area contributed by atoms with Gasteiger partial charge in [-0.05, 0) is 46.0 Å². The van der Waals surface area contributed by atoms with Crippen molar-refractivity contribution in [1.82, 2.24) is 0 Å². The normalized spacial score (nSPS) is 22.8. The maximum absolute atomic E-state index is 12.3. The monoisotopic (exact) mass is 650 g/mol. The molecule has 0 radical (unpaired) electrons. The SMILES string of the molecule is CC(C)(C)[Si](C)(C)OC[C@H]1/C(=C\c2ccccc2)[C@H](OCc2ccccc2)[C@H](O)[C@@H](OCc2ccccc2)[C@@H]1OCc1ccccc1. The Kier molecular flexibility index (Phi) is 12.0. The number of hydrogen-bond donors (Lipinski definition) is 1. The van der Waals surface area contributed by atoms with Crippen LogP contribution in [-0.4, -0.2) is 44.4 Å². The van der Waals surface area contributed by atoms with Gasteiger partial charge in [-0.15, -0.1) is 0 Å². The Hall–Kier alpha value is -3.36. The molecular formula is C41H50O5Si. The van der Waals surface area contributed by atoms with Crippen molar-refractivity contribution in [2.75, 3.05) is 6.61 Å². The Labute approximate surface area is 282 Å². The molecule has 0 amide bonds. The molecule has 0 unspecified atom stereocenters. The van der Waals surface area contributed by atoms with E-state index in [9.17, 15) is 5.11 Å². The molecule has 248 valence electrons. The Morgan fingerprint density at radius 3 is 1.51 bits per heavy atom. The van der Waals surface area contributed by atoms with Crippen LogP contribution in [0.3, 0.4) is 0 Å². The van der Waals surface area contributed by atoms with Gasteiger partial charge in [0.1, 0.15) is 18.3 Å². The molecule has 47 heavy (non-hydrogen) atoms. The van der Waals surface area contributed by atoms with E-state index in [1.165, 1.54) is 0 Å². The molecule has 1 aliphatic rings. The second-order valence-corrected chi connectivity index (χ2v) is 18.8. The van der Waals surface area contributed by atoms with Crippen LogP contribution in [0.25, 0.3) is 6.08 Å². The molecule has 0 aliphatic heterocycles. The standard InChI is InChI=1S/C41H50O5Si/c1-41(2,3)47(4,5)46-30-36-35(26-31-18-10-6-11-19-31)38(43-27-32-20-12-7-13-21-32)37(42)40(45-29-34-24-16-9-17-25-34)39(36)44-28-33-22-14-8-15-23-33/h6-26,36-40,42H,27-30H2,1-5H3/b35-26+/t36-,37-,38-,39+,40+/m0/s1. The zero-order chi connectivity index (χ0) is 33.3. The highest BCUT2D eigenvalue weighted by Gasteiger charge is 2.50. The van der Waals surface area contributed by atoms with Crippen molar-refractivity contribution in [3.05, 3.63) is 149 Å². The Bertz CT molecular complexity index is 1520. The molecule has 4 aromatic carbocycles. The van der Waals surface area contributed by atoms with E-state index in [1.807, 2.05) is 97.1 Å². The minimum absolute atomic E-state index is 0.0251. The summed E-state index contributed by atoms with van der Waals surface area (Å²) in [6.07, 6.45) is -0.626. The second kappa shape index (κ2) is 16.2. The van der Waals surface area contributed by atoms with Crippen LogP contribution in [0.1, 0.15) is 43.0 Å². The highest BCUT2D eigenvalue weighted by Crippen LogP contribution is 2.42. The molecule has 0 saturated heterocycles. The van der Waals surface area contributed by atoms with Crippen molar-refractivity contribution >= 4 is 14.4 Å². The van der Waals surface area contributed by atoms with E-state index in [-0.39, 0.29) is 11.0 Å². The van der Waals surface area contributed by atoms with Gasteiger partial charge in [-0.1, -0.05) is 148 Å². The lowest BCUT2D eigenvalue weighted by molar-refractivity contribution is -0.196. The Balaban J connectivity index is 1.57. The molecule has 5 nitrogen and oxygen atoms in total. The maximum atomic E-state index is 12.3. The maximum Gasteiger partial charge on any atom is 0.192 e. The van der Waals surface area contributed by atoms with Gasteiger partial charge in [0, 0.05) is 12.5 Å². The number of benzene rings is 4. The highest BCUT2D eigenvalue weighted by molar-refractivity contribution is 6.74. The number of rotatable bonds is 13. The van der Waals surface area contributed by atoms with E-state index >= 15 is 0 Å². The number of aliphatic hydroxyl groups is 1. The summed E-state index contributed by atoms with van der Waals surface area (Å²) >= 11 is 0. The lowest BCUT2D eigenvalue weighted by Crippen LogP contribution is -2.59. The van der Waals surface area contributed by atoms with Crippen LogP contribution in [0.5, 0.6) is 0 Å². The first kappa shape index (κ1) is 35.0. The van der Waals surface area contributed by atoms with Gasteiger partial charge in [0.25, 0.3) is 0 Å². The lowest BCUT2D eigenvalue weighted by Gasteiger charge is -2.47. The topological polar surface area (TPSA) is 57.2 Å². The van der Waals surface area contributed by atoms with Crippen LogP contribution in [0.2, 0.25) is 18.1 Å². The molecular weight excluding hydrogens is 601 g/mol. The largest absolute Gasteiger partial charge is 0.416 e. The quantitative estimate of drug-likeness (QED) is 0.147. The molecule has 5 rings (SSSR count). The fourth-order valence-corrected chi connectivity index (χ4v) is 6.75. The van der Waals surface area contributed by atoms with Crippen LogP contribution < -0.4 is 0 Å². The van der Waals surface area contributed by atoms with Gasteiger partial charge in [0.05, 0.1) is 25.9 Å². The van der Waals surface area contributed by atoms with Crippen molar-refractivity contribution in [3.8, 4) is 0 Å².